The van der Waals surface area contributed by atoms with E-state index in [1.165, 1.54) is 29.3 Å². The summed E-state index contributed by atoms with van der Waals surface area (Å²) in [6.07, 6.45) is 7.04. The molecule has 2 aliphatic rings. The Morgan fingerprint density at radius 2 is 2.16 bits per heavy atom. The summed E-state index contributed by atoms with van der Waals surface area (Å²) < 4.78 is 5.92. The third-order valence-corrected chi connectivity index (χ3v) is 4.85. The summed E-state index contributed by atoms with van der Waals surface area (Å²) in [4.78, 5) is 3.37. The Bertz CT molecular complexity index is 600. The van der Waals surface area contributed by atoms with Gasteiger partial charge in [0.15, 0.2) is 0 Å². The second-order valence-corrected chi connectivity index (χ2v) is 6.14. The molecule has 100 valence electrons. The minimum atomic E-state index is 0.229. The molecule has 1 aromatic carbocycles. The molecule has 0 amide bonds. The summed E-state index contributed by atoms with van der Waals surface area (Å²) in [7, 11) is 0. The first-order valence-corrected chi connectivity index (χ1v) is 7.21. The molecule has 2 atom stereocenters. The first-order chi connectivity index (χ1) is 9.28. The van der Waals surface area contributed by atoms with Crippen LogP contribution >= 0.6 is 0 Å². The number of nitrogens with two attached hydrogens (primary N) is 1. The third-order valence-electron chi connectivity index (χ3n) is 4.85. The quantitative estimate of drug-likeness (QED) is 0.887. The van der Waals surface area contributed by atoms with Crippen LogP contribution in [0.4, 0.5) is 0 Å². The first-order valence-electron chi connectivity index (χ1n) is 7.21. The fourth-order valence-electron chi connectivity index (χ4n) is 3.62. The van der Waals surface area contributed by atoms with Gasteiger partial charge in [0.2, 0.25) is 0 Å². The molecule has 0 spiro atoms. The second kappa shape index (κ2) is 4.09. The highest BCUT2D eigenvalue weighted by molar-refractivity contribution is 5.83. The fourth-order valence-corrected chi connectivity index (χ4v) is 3.62. The summed E-state index contributed by atoms with van der Waals surface area (Å²) >= 11 is 0. The van der Waals surface area contributed by atoms with Gasteiger partial charge in [-0.3, -0.25) is 0 Å². The van der Waals surface area contributed by atoms with Crippen molar-refractivity contribution in [2.45, 2.75) is 37.8 Å². The monoisotopic (exact) mass is 256 g/mol. The Morgan fingerprint density at radius 3 is 2.89 bits per heavy atom. The van der Waals surface area contributed by atoms with E-state index in [4.69, 9.17) is 10.5 Å². The standard InChI is InChI=1S/C16H20N2O/c17-13-5-8-19-15(13)16(6-7-16)9-11-10-18-14-4-2-1-3-12(11)14/h1-4,10,13,15,18H,5-9,17H2. The van der Waals surface area contributed by atoms with Crippen molar-refractivity contribution in [3.05, 3.63) is 36.0 Å². The molecular formula is C16H20N2O. The van der Waals surface area contributed by atoms with E-state index in [2.05, 4.69) is 35.4 Å². The van der Waals surface area contributed by atoms with Crippen LogP contribution in [0.2, 0.25) is 0 Å². The summed E-state index contributed by atoms with van der Waals surface area (Å²) in [5, 5.41) is 1.35. The molecule has 3 N–H and O–H groups in total. The Labute approximate surface area is 113 Å². The fraction of sp³-hybridized carbons (Fsp3) is 0.500. The molecule has 1 saturated carbocycles. The van der Waals surface area contributed by atoms with E-state index in [1.54, 1.807) is 0 Å². The van der Waals surface area contributed by atoms with Crippen molar-refractivity contribution in [3.8, 4) is 0 Å². The minimum absolute atomic E-state index is 0.229. The van der Waals surface area contributed by atoms with Crippen LogP contribution in [-0.2, 0) is 11.2 Å². The Morgan fingerprint density at radius 1 is 1.32 bits per heavy atom. The molecule has 0 bridgehead atoms. The van der Waals surface area contributed by atoms with E-state index in [1.807, 2.05) is 0 Å². The molecule has 3 heteroatoms. The normalized spacial score (nSPS) is 28.9. The van der Waals surface area contributed by atoms with Crippen LogP contribution in [0, 0.1) is 5.41 Å². The molecule has 1 aromatic heterocycles. The summed E-state index contributed by atoms with van der Waals surface area (Å²) in [5.41, 5.74) is 9.16. The lowest BCUT2D eigenvalue weighted by Crippen LogP contribution is -2.38. The lowest BCUT2D eigenvalue weighted by molar-refractivity contribution is 0.0443. The average Bonchev–Trinajstić information content (AvgIpc) is 2.88. The van der Waals surface area contributed by atoms with Crippen LogP contribution < -0.4 is 5.73 Å². The molecule has 2 heterocycles. The maximum absolute atomic E-state index is 6.21. The van der Waals surface area contributed by atoms with E-state index >= 15 is 0 Å². The van der Waals surface area contributed by atoms with E-state index in [-0.39, 0.29) is 12.1 Å². The van der Waals surface area contributed by atoms with Gasteiger partial charge in [-0.05, 0) is 37.3 Å². The lowest BCUT2D eigenvalue weighted by Gasteiger charge is -2.25. The van der Waals surface area contributed by atoms with Gasteiger partial charge < -0.3 is 15.5 Å². The molecule has 2 unspecified atom stereocenters. The van der Waals surface area contributed by atoms with Crippen LogP contribution in [0.25, 0.3) is 10.9 Å². The lowest BCUT2D eigenvalue weighted by atomic mass is 9.87. The van der Waals surface area contributed by atoms with Gasteiger partial charge in [-0.2, -0.15) is 0 Å². The third kappa shape index (κ3) is 1.80. The molecule has 1 aliphatic carbocycles. The highest BCUT2D eigenvalue weighted by Gasteiger charge is 2.53. The summed E-state index contributed by atoms with van der Waals surface area (Å²) in [6, 6.07) is 8.75. The SMILES string of the molecule is NC1CCOC1C1(Cc2c[nH]c3ccccc23)CC1. The molecule has 19 heavy (non-hydrogen) atoms. The number of aromatic nitrogens is 1. The molecule has 0 radical (unpaired) electrons. The van der Waals surface area contributed by atoms with E-state index in [9.17, 15) is 0 Å². The zero-order chi connectivity index (χ0) is 12.9. The van der Waals surface area contributed by atoms with Crippen LogP contribution in [0.15, 0.2) is 30.5 Å². The molecular weight excluding hydrogens is 236 g/mol. The number of fused-ring (bicyclic) bond motifs is 1. The van der Waals surface area contributed by atoms with Crippen molar-refractivity contribution >= 4 is 10.9 Å². The number of rotatable bonds is 3. The predicted molar refractivity (Wildman–Crippen MR) is 76.0 cm³/mol. The Balaban J connectivity index is 1.64. The van der Waals surface area contributed by atoms with E-state index in [0.29, 0.717) is 5.41 Å². The Hall–Kier alpha value is -1.32. The van der Waals surface area contributed by atoms with Crippen molar-refractivity contribution in [1.29, 1.82) is 0 Å². The number of ether oxygens (including phenoxy) is 1. The van der Waals surface area contributed by atoms with Crippen LogP contribution in [0.5, 0.6) is 0 Å². The highest BCUT2D eigenvalue weighted by atomic mass is 16.5. The van der Waals surface area contributed by atoms with E-state index < -0.39 is 0 Å². The number of aromatic amines is 1. The van der Waals surface area contributed by atoms with Gasteiger partial charge in [0, 0.05) is 35.2 Å². The summed E-state index contributed by atoms with van der Waals surface area (Å²) in [5.74, 6) is 0. The van der Waals surface area contributed by atoms with Crippen LogP contribution in [0.3, 0.4) is 0 Å². The predicted octanol–water partition coefficient (Wildman–Crippen LogP) is 2.61. The van der Waals surface area contributed by atoms with Gasteiger partial charge in [0.25, 0.3) is 0 Å². The number of H-pyrrole nitrogens is 1. The van der Waals surface area contributed by atoms with Crippen molar-refractivity contribution in [1.82, 2.24) is 4.98 Å². The van der Waals surface area contributed by atoms with Crippen molar-refractivity contribution in [2.24, 2.45) is 11.1 Å². The topological polar surface area (TPSA) is 51.0 Å². The largest absolute Gasteiger partial charge is 0.376 e. The van der Waals surface area contributed by atoms with Gasteiger partial charge in [0.1, 0.15) is 0 Å². The molecule has 1 saturated heterocycles. The minimum Gasteiger partial charge on any atom is -0.376 e. The van der Waals surface area contributed by atoms with Gasteiger partial charge >= 0.3 is 0 Å². The van der Waals surface area contributed by atoms with Gasteiger partial charge in [-0.1, -0.05) is 18.2 Å². The smallest absolute Gasteiger partial charge is 0.0786 e. The van der Waals surface area contributed by atoms with Gasteiger partial charge in [0.05, 0.1) is 6.10 Å². The molecule has 4 rings (SSSR count). The maximum Gasteiger partial charge on any atom is 0.0786 e. The number of hydrogen-bond donors (Lipinski definition) is 2. The number of para-hydroxylation sites is 1. The number of nitrogens with one attached hydrogen (secondary N) is 1. The van der Waals surface area contributed by atoms with Crippen molar-refractivity contribution in [2.75, 3.05) is 6.61 Å². The maximum atomic E-state index is 6.21. The van der Waals surface area contributed by atoms with Gasteiger partial charge in [-0.15, -0.1) is 0 Å². The number of hydrogen-bond acceptors (Lipinski definition) is 2. The van der Waals surface area contributed by atoms with Crippen molar-refractivity contribution in [3.63, 3.8) is 0 Å². The van der Waals surface area contributed by atoms with E-state index in [0.717, 1.165) is 19.4 Å². The molecule has 2 fully saturated rings. The average molecular weight is 256 g/mol. The molecule has 1 aliphatic heterocycles. The zero-order valence-corrected chi connectivity index (χ0v) is 11.1. The van der Waals surface area contributed by atoms with Crippen molar-refractivity contribution < 1.29 is 4.74 Å². The van der Waals surface area contributed by atoms with Crippen LogP contribution in [-0.4, -0.2) is 23.7 Å². The van der Waals surface area contributed by atoms with Crippen LogP contribution in [0.1, 0.15) is 24.8 Å². The number of benzene rings is 1. The highest BCUT2D eigenvalue weighted by Crippen LogP contribution is 2.55. The summed E-state index contributed by atoms with van der Waals surface area (Å²) in [6.45, 7) is 0.835. The molecule has 2 aromatic rings. The zero-order valence-electron chi connectivity index (χ0n) is 11.1. The Kier molecular flexibility index (Phi) is 2.47. The van der Waals surface area contributed by atoms with Gasteiger partial charge in [-0.25, -0.2) is 0 Å². The first kappa shape index (κ1) is 11.5. The molecule has 3 nitrogen and oxygen atoms in total. The second-order valence-electron chi connectivity index (χ2n) is 6.14.